The van der Waals surface area contributed by atoms with E-state index in [-0.39, 0.29) is 5.75 Å². The van der Waals surface area contributed by atoms with E-state index in [1.54, 1.807) is 12.1 Å². The number of benzene rings is 1. The maximum Gasteiger partial charge on any atom is 0.573 e. The van der Waals surface area contributed by atoms with Crippen molar-refractivity contribution in [3.63, 3.8) is 0 Å². The van der Waals surface area contributed by atoms with E-state index in [0.717, 1.165) is 38.2 Å². The van der Waals surface area contributed by atoms with Crippen LogP contribution in [-0.4, -0.2) is 55.4 Å². The van der Waals surface area contributed by atoms with Gasteiger partial charge < -0.3 is 14.5 Å². The molecule has 1 fully saturated rings. The number of hydrogen-bond donors (Lipinski definition) is 0. The summed E-state index contributed by atoms with van der Waals surface area (Å²) in [6, 6.07) is 6.16. The van der Waals surface area contributed by atoms with Gasteiger partial charge in [0.05, 0.1) is 0 Å². The quantitative estimate of drug-likeness (QED) is 0.725. The van der Waals surface area contributed by atoms with Crippen molar-refractivity contribution in [2.75, 3.05) is 39.3 Å². The van der Waals surface area contributed by atoms with Gasteiger partial charge in [-0.3, -0.25) is 0 Å². The molecule has 0 atom stereocenters. The molecule has 0 N–H and O–H groups in total. The van der Waals surface area contributed by atoms with E-state index in [0.29, 0.717) is 0 Å². The molecule has 0 spiro atoms. The molecule has 0 unspecified atom stereocenters. The van der Waals surface area contributed by atoms with Gasteiger partial charge in [0.15, 0.2) is 0 Å². The summed E-state index contributed by atoms with van der Waals surface area (Å²) in [7, 11) is 0. The normalized spacial score (nSPS) is 16.2. The Morgan fingerprint density at radius 3 is 2.30 bits per heavy atom. The van der Waals surface area contributed by atoms with Crippen LogP contribution in [0.25, 0.3) is 0 Å². The number of likely N-dealkylation sites (N-methyl/N-ethyl adjacent to an activating group) is 1. The van der Waals surface area contributed by atoms with Gasteiger partial charge >= 0.3 is 6.36 Å². The molecule has 6 heteroatoms. The lowest BCUT2D eigenvalue weighted by Crippen LogP contribution is -2.34. The predicted octanol–water partition coefficient (Wildman–Crippen LogP) is 3.55. The van der Waals surface area contributed by atoms with Crippen molar-refractivity contribution in [1.82, 2.24) is 9.80 Å². The van der Waals surface area contributed by atoms with Crippen LogP contribution in [0.4, 0.5) is 13.2 Å². The fourth-order valence-electron chi connectivity index (χ4n) is 2.86. The number of rotatable bonds is 8. The third kappa shape index (κ3) is 6.79. The lowest BCUT2D eigenvalue weighted by atomic mass is 10.1. The highest BCUT2D eigenvalue weighted by Gasteiger charge is 2.30. The summed E-state index contributed by atoms with van der Waals surface area (Å²) >= 11 is 0. The first-order valence-corrected chi connectivity index (χ1v) is 8.25. The van der Waals surface area contributed by atoms with Crippen LogP contribution in [-0.2, 0) is 6.42 Å². The number of halogens is 3. The van der Waals surface area contributed by atoms with Crippen LogP contribution in [0.2, 0.25) is 0 Å². The van der Waals surface area contributed by atoms with Gasteiger partial charge in [-0.15, -0.1) is 13.2 Å². The van der Waals surface area contributed by atoms with Crippen molar-refractivity contribution in [1.29, 1.82) is 0 Å². The Morgan fingerprint density at radius 2 is 1.74 bits per heavy atom. The molecule has 1 aliphatic heterocycles. The molecule has 0 aromatic heterocycles. The Labute approximate surface area is 136 Å². The summed E-state index contributed by atoms with van der Waals surface area (Å²) in [4.78, 5) is 4.88. The molecule has 3 nitrogen and oxygen atoms in total. The van der Waals surface area contributed by atoms with Crippen LogP contribution in [0.15, 0.2) is 24.3 Å². The van der Waals surface area contributed by atoms with E-state index in [9.17, 15) is 13.2 Å². The largest absolute Gasteiger partial charge is 0.573 e. The van der Waals surface area contributed by atoms with Crippen LogP contribution in [0.1, 0.15) is 25.3 Å². The highest BCUT2D eigenvalue weighted by molar-refractivity contribution is 5.27. The first-order chi connectivity index (χ1) is 11.0. The van der Waals surface area contributed by atoms with Gasteiger partial charge in [0.25, 0.3) is 0 Å². The topological polar surface area (TPSA) is 15.7 Å². The summed E-state index contributed by atoms with van der Waals surface area (Å²) in [5, 5.41) is 0. The number of ether oxygens (including phenoxy) is 1. The SMILES string of the molecule is CCN(CCc1ccc(OC(F)(F)F)cc1)CCN1CCCC1. The monoisotopic (exact) mass is 330 g/mol. The van der Waals surface area contributed by atoms with Gasteiger partial charge in [0.1, 0.15) is 5.75 Å². The summed E-state index contributed by atoms with van der Waals surface area (Å²) < 4.78 is 40.2. The molecule has 0 bridgehead atoms. The second-order valence-corrected chi connectivity index (χ2v) is 5.92. The highest BCUT2D eigenvalue weighted by Crippen LogP contribution is 2.22. The maximum absolute atomic E-state index is 12.1. The van der Waals surface area contributed by atoms with Crippen molar-refractivity contribution in [3.05, 3.63) is 29.8 Å². The van der Waals surface area contributed by atoms with Crippen LogP contribution in [0.3, 0.4) is 0 Å². The first kappa shape index (κ1) is 18.1. The molecule has 0 amide bonds. The van der Waals surface area contributed by atoms with E-state index in [1.807, 2.05) is 0 Å². The van der Waals surface area contributed by atoms with Crippen molar-refractivity contribution in [2.24, 2.45) is 0 Å². The van der Waals surface area contributed by atoms with E-state index in [1.165, 1.54) is 38.1 Å². The molecular weight excluding hydrogens is 305 g/mol. The van der Waals surface area contributed by atoms with Gasteiger partial charge in [-0.05, 0) is 56.6 Å². The molecule has 2 rings (SSSR count). The standard InChI is InChI=1S/C17H25F3N2O/c1-2-21(13-14-22-10-3-4-11-22)12-9-15-5-7-16(8-6-15)23-17(18,19)20/h5-8H,2-4,9-14H2,1H3. The van der Waals surface area contributed by atoms with E-state index in [2.05, 4.69) is 21.5 Å². The molecule has 23 heavy (non-hydrogen) atoms. The zero-order valence-corrected chi connectivity index (χ0v) is 13.6. The van der Waals surface area contributed by atoms with Crippen molar-refractivity contribution < 1.29 is 17.9 Å². The lowest BCUT2D eigenvalue weighted by molar-refractivity contribution is -0.274. The number of nitrogens with zero attached hydrogens (tertiary/aromatic N) is 2. The molecule has 1 saturated heterocycles. The molecule has 1 aliphatic rings. The van der Waals surface area contributed by atoms with Gasteiger partial charge in [0, 0.05) is 19.6 Å². The second kappa shape index (κ2) is 8.55. The third-order valence-electron chi connectivity index (χ3n) is 4.25. The van der Waals surface area contributed by atoms with Crippen LogP contribution >= 0.6 is 0 Å². The van der Waals surface area contributed by atoms with Crippen molar-refractivity contribution in [3.8, 4) is 5.75 Å². The Kier molecular flexibility index (Phi) is 6.72. The smallest absolute Gasteiger partial charge is 0.406 e. The van der Waals surface area contributed by atoms with Crippen molar-refractivity contribution in [2.45, 2.75) is 32.5 Å². The first-order valence-electron chi connectivity index (χ1n) is 8.25. The van der Waals surface area contributed by atoms with Gasteiger partial charge in [0.2, 0.25) is 0 Å². The zero-order valence-electron chi connectivity index (χ0n) is 13.6. The zero-order chi connectivity index (χ0) is 16.7. The fraction of sp³-hybridized carbons (Fsp3) is 0.647. The molecule has 1 aromatic carbocycles. The minimum Gasteiger partial charge on any atom is -0.406 e. The Morgan fingerprint density at radius 1 is 1.09 bits per heavy atom. The Balaban J connectivity index is 1.74. The molecule has 0 radical (unpaired) electrons. The summed E-state index contributed by atoms with van der Waals surface area (Å²) in [6.07, 6.45) is -1.19. The molecule has 1 aromatic rings. The average molecular weight is 330 g/mol. The van der Waals surface area contributed by atoms with Crippen molar-refractivity contribution >= 4 is 0 Å². The highest BCUT2D eigenvalue weighted by atomic mass is 19.4. The minimum atomic E-state index is -4.63. The number of likely N-dealkylation sites (tertiary alicyclic amines) is 1. The lowest BCUT2D eigenvalue weighted by Gasteiger charge is -2.24. The van der Waals surface area contributed by atoms with Crippen LogP contribution in [0.5, 0.6) is 5.75 Å². The molecule has 1 heterocycles. The summed E-state index contributed by atoms with van der Waals surface area (Å²) in [6.45, 7) is 8.62. The predicted molar refractivity (Wildman–Crippen MR) is 84.6 cm³/mol. The fourth-order valence-corrected chi connectivity index (χ4v) is 2.86. The Bertz CT molecular complexity index is 456. The molecule has 130 valence electrons. The average Bonchev–Trinajstić information content (AvgIpc) is 3.01. The molecular formula is C17H25F3N2O. The van der Waals surface area contributed by atoms with Gasteiger partial charge in [-0.1, -0.05) is 19.1 Å². The third-order valence-corrected chi connectivity index (χ3v) is 4.25. The summed E-state index contributed by atoms with van der Waals surface area (Å²) in [5.41, 5.74) is 1.03. The maximum atomic E-state index is 12.1. The van der Waals surface area contributed by atoms with E-state index in [4.69, 9.17) is 0 Å². The van der Waals surface area contributed by atoms with E-state index >= 15 is 0 Å². The van der Waals surface area contributed by atoms with Crippen LogP contribution < -0.4 is 4.74 Å². The molecule has 0 aliphatic carbocycles. The number of hydrogen-bond acceptors (Lipinski definition) is 3. The second-order valence-electron chi connectivity index (χ2n) is 5.92. The Hall–Kier alpha value is -1.27. The summed E-state index contributed by atoms with van der Waals surface area (Å²) in [5.74, 6) is -0.164. The van der Waals surface area contributed by atoms with Gasteiger partial charge in [-0.2, -0.15) is 0 Å². The van der Waals surface area contributed by atoms with Crippen LogP contribution in [0, 0.1) is 0 Å². The number of alkyl halides is 3. The van der Waals surface area contributed by atoms with E-state index < -0.39 is 6.36 Å². The molecule has 0 saturated carbocycles. The van der Waals surface area contributed by atoms with Gasteiger partial charge in [-0.25, -0.2) is 0 Å². The minimum absolute atomic E-state index is 0.164.